The standard InChI is InChI=1S/C12H28N2/c1-3-5-7-11-14(10-6-4-2)12-8-9-13/h3-13H2,1-2H3. The van der Waals surface area contributed by atoms with Crippen LogP contribution in [0.3, 0.4) is 0 Å². The van der Waals surface area contributed by atoms with Crippen molar-refractivity contribution in [2.75, 3.05) is 26.2 Å². The molecule has 0 saturated heterocycles. The Morgan fingerprint density at radius 1 is 0.786 bits per heavy atom. The molecule has 0 saturated carbocycles. The minimum Gasteiger partial charge on any atom is -0.330 e. The van der Waals surface area contributed by atoms with Crippen molar-refractivity contribution in [1.82, 2.24) is 4.90 Å². The molecule has 0 aromatic carbocycles. The molecule has 0 aliphatic heterocycles. The summed E-state index contributed by atoms with van der Waals surface area (Å²) in [7, 11) is 0. The van der Waals surface area contributed by atoms with Crippen molar-refractivity contribution in [3.63, 3.8) is 0 Å². The van der Waals surface area contributed by atoms with E-state index in [9.17, 15) is 0 Å². The average molecular weight is 200 g/mol. The second-order valence-corrected chi connectivity index (χ2v) is 4.04. The number of nitrogens with two attached hydrogens (primary N) is 1. The van der Waals surface area contributed by atoms with Gasteiger partial charge < -0.3 is 10.6 Å². The van der Waals surface area contributed by atoms with E-state index in [0.717, 1.165) is 13.0 Å². The lowest BCUT2D eigenvalue weighted by molar-refractivity contribution is 0.262. The van der Waals surface area contributed by atoms with E-state index >= 15 is 0 Å². The summed E-state index contributed by atoms with van der Waals surface area (Å²) in [6, 6.07) is 0. The first-order chi connectivity index (χ1) is 6.85. The van der Waals surface area contributed by atoms with Gasteiger partial charge in [-0.3, -0.25) is 0 Å². The lowest BCUT2D eigenvalue weighted by Crippen LogP contribution is -2.28. The van der Waals surface area contributed by atoms with Gasteiger partial charge >= 0.3 is 0 Å². The molecule has 0 unspecified atom stereocenters. The van der Waals surface area contributed by atoms with Gasteiger partial charge in [0.15, 0.2) is 0 Å². The van der Waals surface area contributed by atoms with Crippen LogP contribution < -0.4 is 5.73 Å². The average Bonchev–Trinajstić information content (AvgIpc) is 2.21. The van der Waals surface area contributed by atoms with Crippen LogP contribution in [-0.2, 0) is 0 Å². The molecule has 0 aromatic rings. The second kappa shape index (κ2) is 11.0. The van der Waals surface area contributed by atoms with E-state index in [-0.39, 0.29) is 0 Å². The summed E-state index contributed by atoms with van der Waals surface area (Å²) in [5, 5.41) is 0. The van der Waals surface area contributed by atoms with E-state index < -0.39 is 0 Å². The quantitative estimate of drug-likeness (QED) is 0.549. The van der Waals surface area contributed by atoms with Gasteiger partial charge in [-0.1, -0.05) is 33.1 Å². The lowest BCUT2D eigenvalue weighted by atomic mass is 10.2. The van der Waals surface area contributed by atoms with Gasteiger partial charge in [-0.05, 0) is 45.4 Å². The fourth-order valence-corrected chi connectivity index (χ4v) is 1.62. The highest BCUT2D eigenvalue weighted by Crippen LogP contribution is 2.01. The first-order valence-corrected chi connectivity index (χ1v) is 6.27. The Hall–Kier alpha value is -0.0800. The van der Waals surface area contributed by atoms with Crippen molar-refractivity contribution in [2.24, 2.45) is 5.73 Å². The number of unbranched alkanes of at least 4 members (excludes halogenated alkanes) is 3. The maximum absolute atomic E-state index is 5.53. The van der Waals surface area contributed by atoms with Crippen molar-refractivity contribution < 1.29 is 0 Å². The van der Waals surface area contributed by atoms with E-state index in [1.807, 2.05) is 0 Å². The van der Waals surface area contributed by atoms with Gasteiger partial charge in [-0.25, -0.2) is 0 Å². The van der Waals surface area contributed by atoms with Gasteiger partial charge in [0.25, 0.3) is 0 Å². The molecule has 2 N–H and O–H groups in total. The monoisotopic (exact) mass is 200 g/mol. The summed E-state index contributed by atoms with van der Waals surface area (Å²) >= 11 is 0. The molecule has 0 atom stereocenters. The number of hydrogen-bond donors (Lipinski definition) is 1. The minimum absolute atomic E-state index is 0.830. The van der Waals surface area contributed by atoms with Crippen LogP contribution in [0, 0.1) is 0 Å². The fourth-order valence-electron chi connectivity index (χ4n) is 1.62. The molecule has 0 heterocycles. The predicted octanol–water partition coefficient (Wildman–Crippen LogP) is 2.63. The molecule has 0 radical (unpaired) electrons. The van der Waals surface area contributed by atoms with Crippen LogP contribution in [-0.4, -0.2) is 31.1 Å². The zero-order valence-electron chi connectivity index (χ0n) is 10.1. The van der Waals surface area contributed by atoms with Crippen LogP contribution in [0.25, 0.3) is 0 Å². The molecule has 0 rings (SSSR count). The van der Waals surface area contributed by atoms with Gasteiger partial charge in [-0.15, -0.1) is 0 Å². The SMILES string of the molecule is CCCCCN(CCCC)CCCN. The van der Waals surface area contributed by atoms with Crippen LogP contribution in [0.15, 0.2) is 0 Å². The molecule has 86 valence electrons. The summed E-state index contributed by atoms with van der Waals surface area (Å²) in [5.41, 5.74) is 5.53. The largest absolute Gasteiger partial charge is 0.330 e. The molecular formula is C12H28N2. The van der Waals surface area contributed by atoms with Gasteiger partial charge in [0.2, 0.25) is 0 Å². The zero-order chi connectivity index (χ0) is 10.6. The van der Waals surface area contributed by atoms with Gasteiger partial charge in [-0.2, -0.15) is 0 Å². The zero-order valence-corrected chi connectivity index (χ0v) is 10.1. The molecule has 2 nitrogen and oxygen atoms in total. The lowest BCUT2D eigenvalue weighted by Gasteiger charge is -2.21. The van der Waals surface area contributed by atoms with Gasteiger partial charge in [0.05, 0.1) is 0 Å². The molecule has 0 aromatic heterocycles. The summed E-state index contributed by atoms with van der Waals surface area (Å²) < 4.78 is 0. The first-order valence-electron chi connectivity index (χ1n) is 6.27. The first kappa shape index (κ1) is 13.9. The molecular weight excluding hydrogens is 172 g/mol. The summed E-state index contributed by atoms with van der Waals surface area (Å²) in [5.74, 6) is 0. The molecule has 0 amide bonds. The van der Waals surface area contributed by atoms with Crippen LogP contribution in [0.5, 0.6) is 0 Å². The molecule has 0 bridgehead atoms. The van der Waals surface area contributed by atoms with Gasteiger partial charge in [0, 0.05) is 0 Å². The van der Waals surface area contributed by atoms with Crippen molar-refractivity contribution in [1.29, 1.82) is 0 Å². The third-order valence-corrected chi connectivity index (χ3v) is 2.58. The van der Waals surface area contributed by atoms with Crippen molar-refractivity contribution in [3.8, 4) is 0 Å². The third kappa shape index (κ3) is 8.52. The van der Waals surface area contributed by atoms with Crippen LogP contribution in [0.2, 0.25) is 0 Å². The Morgan fingerprint density at radius 2 is 1.36 bits per heavy atom. The second-order valence-electron chi connectivity index (χ2n) is 4.04. The van der Waals surface area contributed by atoms with Crippen LogP contribution in [0.1, 0.15) is 52.4 Å². The maximum atomic E-state index is 5.53. The highest BCUT2D eigenvalue weighted by molar-refractivity contribution is 4.58. The highest BCUT2D eigenvalue weighted by Gasteiger charge is 2.02. The maximum Gasteiger partial charge on any atom is -0.000672 e. The summed E-state index contributed by atoms with van der Waals surface area (Å²) in [6.07, 6.45) is 7.81. The Balaban J connectivity index is 3.49. The third-order valence-electron chi connectivity index (χ3n) is 2.58. The Morgan fingerprint density at radius 3 is 1.93 bits per heavy atom. The number of hydrogen-bond acceptors (Lipinski definition) is 2. The molecule has 14 heavy (non-hydrogen) atoms. The minimum atomic E-state index is 0.830. The van der Waals surface area contributed by atoms with Crippen LogP contribution >= 0.6 is 0 Å². The molecule has 0 spiro atoms. The van der Waals surface area contributed by atoms with Crippen molar-refractivity contribution in [2.45, 2.75) is 52.4 Å². The summed E-state index contributed by atoms with van der Waals surface area (Å²) in [6.45, 7) is 9.08. The van der Waals surface area contributed by atoms with Crippen LogP contribution in [0.4, 0.5) is 0 Å². The Kier molecular flexibility index (Phi) is 10.9. The van der Waals surface area contributed by atoms with E-state index in [4.69, 9.17) is 5.73 Å². The summed E-state index contributed by atoms with van der Waals surface area (Å²) in [4.78, 5) is 2.58. The molecule has 0 aliphatic carbocycles. The number of nitrogens with zero attached hydrogens (tertiary/aromatic N) is 1. The van der Waals surface area contributed by atoms with Crippen molar-refractivity contribution in [3.05, 3.63) is 0 Å². The predicted molar refractivity (Wildman–Crippen MR) is 64.5 cm³/mol. The van der Waals surface area contributed by atoms with E-state index in [1.165, 1.54) is 51.7 Å². The highest BCUT2D eigenvalue weighted by atomic mass is 15.1. The Bertz CT molecular complexity index is 96.5. The fraction of sp³-hybridized carbons (Fsp3) is 1.00. The van der Waals surface area contributed by atoms with E-state index in [1.54, 1.807) is 0 Å². The van der Waals surface area contributed by atoms with Gasteiger partial charge in [0.1, 0.15) is 0 Å². The molecule has 0 aliphatic rings. The molecule has 0 fully saturated rings. The van der Waals surface area contributed by atoms with E-state index in [0.29, 0.717) is 0 Å². The smallest absolute Gasteiger partial charge is 0.000672 e. The Labute approximate surface area is 89.9 Å². The van der Waals surface area contributed by atoms with E-state index in [2.05, 4.69) is 18.7 Å². The normalized spacial score (nSPS) is 11.1. The molecule has 2 heteroatoms. The number of rotatable bonds is 10. The van der Waals surface area contributed by atoms with Crippen molar-refractivity contribution >= 4 is 0 Å². The topological polar surface area (TPSA) is 29.3 Å².